The molecular weight excluding hydrogens is 351 g/mol. The van der Waals surface area contributed by atoms with Crippen molar-refractivity contribution in [2.45, 2.75) is 12.9 Å². The van der Waals surface area contributed by atoms with E-state index in [-0.39, 0.29) is 12.1 Å². The monoisotopic (exact) mass is 363 g/mol. The van der Waals surface area contributed by atoms with Gasteiger partial charge in [0.15, 0.2) is 5.76 Å². The van der Waals surface area contributed by atoms with Crippen LogP contribution in [0.2, 0.25) is 0 Å². The molecule has 3 aromatic rings. The van der Waals surface area contributed by atoms with E-state index in [4.69, 9.17) is 4.42 Å². The zero-order valence-corrected chi connectivity index (χ0v) is 13.2. The summed E-state index contributed by atoms with van der Waals surface area (Å²) >= 11 is 0. The average molecular weight is 363 g/mol. The minimum Gasteiger partial charge on any atom is -0.463 e. The number of nitrogens with zero attached hydrogens (tertiary/aromatic N) is 2. The number of nitrogens with one attached hydrogen (secondary N) is 1. The van der Waals surface area contributed by atoms with E-state index in [0.717, 1.165) is 12.1 Å². The molecule has 134 valence electrons. The van der Waals surface area contributed by atoms with Crippen LogP contribution >= 0.6 is 0 Å². The van der Waals surface area contributed by atoms with Crippen molar-refractivity contribution in [3.63, 3.8) is 0 Å². The predicted molar refractivity (Wildman–Crippen MR) is 84.0 cm³/mol. The van der Waals surface area contributed by atoms with Crippen molar-refractivity contribution < 1.29 is 27.1 Å². The lowest BCUT2D eigenvalue weighted by Crippen LogP contribution is -2.24. The summed E-state index contributed by atoms with van der Waals surface area (Å²) in [6.45, 7) is 0.0729. The van der Waals surface area contributed by atoms with Crippen LogP contribution in [-0.2, 0) is 6.54 Å². The smallest absolute Gasteiger partial charge is 0.463 e. The lowest BCUT2D eigenvalue weighted by atomic mass is 10.2. The van der Waals surface area contributed by atoms with Crippen molar-refractivity contribution in [1.82, 2.24) is 15.3 Å². The minimum absolute atomic E-state index is 0.0729. The number of ether oxygens (including phenoxy) is 1. The second kappa shape index (κ2) is 7.26. The maximum Gasteiger partial charge on any atom is 0.573 e. The predicted octanol–water partition coefficient (Wildman–Crippen LogP) is 3.57. The molecule has 1 amide bonds. The minimum atomic E-state index is -4.78. The molecule has 0 saturated carbocycles. The third-order valence-electron chi connectivity index (χ3n) is 3.30. The van der Waals surface area contributed by atoms with E-state index >= 15 is 0 Å². The Balaban J connectivity index is 1.66. The van der Waals surface area contributed by atoms with Crippen LogP contribution in [0.4, 0.5) is 13.2 Å². The Kier molecular flexibility index (Phi) is 4.87. The number of furan rings is 1. The fourth-order valence-corrected chi connectivity index (χ4v) is 2.19. The first kappa shape index (κ1) is 17.5. The lowest BCUT2D eigenvalue weighted by Gasteiger charge is -2.10. The standard InChI is InChI=1S/C17H12F3N3O3/c18-17(19,20)26-12-5-3-11(4-6-12)16(24)23-10-13-15(22-8-7-21-13)14-2-1-9-25-14/h1-9H,10H2,(H,23,24). The number of rotatable bonds is 5. The first-order chi connectivity index (χ1) is 12.4. The first-order valence-corrected chi connectivity index (χ1v) is 7.40. The van der Waals surface area contributed by atoms with Gasteiger partial charge < -0.3 is 14.5 Å². The average Bonchev–Trinajstić information content (AvgIpc) is 3.13. The maximum absolute atomic E-state index is 12.2. The lowest BCUT2D eigenvalue weighted by molar-refractivity contribution is -0.274. The summed E-state index contributed by atoms with van der Waals surface area (Å²) in [4.78, 5) is 20.5. The number of aromatic nitrogens is 2. The van der Waals surface area contributed by atoms with Crippen molar-refractivity contribution in [3.8, 4) is 17.2 Å². The summed E-state index contributed by atoms with van der Waals surface area (Å²) in [5.41, 5.74) is 1.17. The molecule has 3 rings (SSSR count). The molecule has 2 heterocycles. The number of hydrogen-bond donors (Lipinski definition) is 1. The molecule has 0 atom stereocenters. The molecule has 0 aliphatic carbocycles. The van der Waals surface area contributed by atoms with E-state index in [1.165, 1.54) is 30.8 Å². The van der Waals surface area contributed by atoms with Crippen molar-refractivity contribution >= 4 is 5.91 Å². The molecule has 0 aliphatic rings. The Morgan fingerprint density at radius 3 is 2.50 bits per heavy atom. The number of carbonyl (C=O) groups is 1. The third-order valence-corrected chi connectivity index (χ3v) is 3.30. The van der Waals surface area contributed by atoms with Crippen molar-refractivity contribution in [3.05, 3.63) is 66.3 Å². The molecule has 0 saturated heterocycles. The van der Waals surface area contributed by atoms with E-state index in [9.17, 15) is 18.0 Å². The van der Waals surface area contributed by atoms with E-state index in [1.54, 1.807) is 12.1 Å². The molecule has 26 heavy (non-hydrogen) atoms. The number of hydrogen-bond acceptors (Lipinski definition) is 5. The summed E-state index contributed by atoms with van der Waals surface area (Å²) in [7, 11) is 0. The van der Waals surface area contributed by atoms with Crippen LogP contribution in [0, 0.1) is 0 Å². The summed E-state index contributed by atoms with van der Waals surface area (Å²) in [6.07, 6.45) is -0.297. The zero-order chi connectivity index (χ0) is 18.6. The van der Waals surface area contributed by atoms with Crippen molar-refractivity contribution in [1.29, 1.82) is 0 Å². The van der Waals surface area contributed by atoms with Crippen molar-refractivity contribution in [2.75, 3.05) is 0 Å². The highest BCUT2D eigenvalue weighted by Gasteiger charge is 2.31. The molecule has 0 fully saturated rings. The molecule has 0 aliphatic heterocycles. The highest BCUT2D eigenvalue weighted by molar-refractivity contribution is 5.94. The first-order valence-electron chi connectivity index (χ1n) is 7.40. The number of alkyl halides is 3. The molecule has 0 radical (unpaired) electrons. The number of carbonyl (C=O) groups excluding carboxylic acids is 1. The van der Waals surface area contributed by atoms with Gasteiger partial charge in [-0.15, -0.1) is 13.2 Å². The van der Waals surface area contributed by atoms with Gasteiger partial charge in [0, 0.05) is 18.0 Å². The molecule has 1 aromatic carbocycles. The van der Waals surface area contributed by atoms with Crippen LogP contribution in [0.25, 0.3) is 11.5 Å². The van der Waals surface area contributed by atoms with Gasteiger partial charge in [0.25, 0.3) is 5.91 Å². The van der Waals surface area contributed by atoms with Gasteiger partial charge in [0.1, 0.15) is 11.4 Å². The van der Waals surface area contributed by atoms with Gasteiger partial charge in [-0.2, -0.15) is 0 Å². The second-order valence-electron chi connectivity index (χ2n) is 5.08. The molecule has 9 heteroatoms. The Morgan fingerprint density at radius 1 is 1.12 bits per heavy atom. The van der Waals surface area contributed by atoms with Crippen LogP contribution < -0.4 is 10.1 Å². The molecule has 0 bridgehead atoms. The van der Waals surface area contributed by atoms with Crippen LogP contribution in [0.1, 0.15) is 16.1 Å². The topological polar surface area (TPSA) is 77.3 Å². The van der Waals surface area contributed by atoms with Gasteiger partial charge in [-0.05, 0) is 36.4 Å². The van der Waals surface area contributed by atoms with Crippen LogP contribution in [0.15, 0.2) is 59.5 Å². The summed E-state index contributed by atoms with van der Waals surface area (Å²) < 4.78 is 45.5. The van der Waals surface area contributed by atoms with Gasteiger partial charge >= 0.3 is 6.36 Å². The number of benzene rings is 1. The molecule has 0 unspecified atom stereocenters. The van der Waals surface area contributed by atoms with E-state index in [1.807, 2.05) is 0 Å². The van der Waals surface area contributed by atoms with Gasteiger partial charge in [-0.3, -0.25) is 9.78 Å². The molecular formula is C17H12F3N3O3. The maximum atomic E-state index is 12.2. The van der Waals surface area contributed by atoms with E-state index < -0.39 is 18.0 Å². The van der Waals surface area contributed by atoms with E-state index in [0.29, 0.717) is 17.1 Å². The SMILES string of the molecule is O=C(NCc1nccnc1-c1ccco1)c1ccc(OC(F)(F)F)cc1. The largest absolute Gasteiger partial charge is 0.573 e. The van der Waals surface area contributed by atoms with E-state index in [2.05, 4.69) is 20.0 Å². The molecule has 0 spiro atoms. The summed E-state index contributed by atoms with van der Waals surface area (Å²) in [6, 6.07) is 8.03. The van der Waals surface area contributed by atoms with Gasteiger partial charge in [-0.1, -0.05) is 0 Å². The Morgan fingerprint density at radius 2 is 1.85 bits per heavy atom. The zero-order valence-electron chi connectivity index (χ0n) is 13.2. The molecule has 6 nitrogen and oxygen atoms in total. The Labute approximate surface area is 145 Å². The second-order valence-corrected chi connectivity index (χ2v) is 5.08. The van der Waals surface area contributed by atoms with Gasteiger partial charge in [-0.25, -0.2) is 4.98 Å². The summed E-state index contributed by atoms with van der Waals surface area (Å²) in [5.74, 6) is -0.362. The molecule has 2 aromatic heterocycles. The Hall–Kier alpha value is -3.36. The van der Waals surface area contributed by atoms with Gasteiger partial charge in [0.05, 0.1) is 18.5 Å². The summed E-state index contributed by atoms with van der Waals surface area (Å²) in [5, 5.41) is 2.64. The highest BCUT2D eigenvalue weighted by Crippen LogP contribution is 2.23. The van der Waals surface area contributed by atoms with Crippen LogP contribution in [0.5, 0.6) is 5.75 Å². The quantitative estimate of drug-likeness (QED) is 0.750. The number of amides is 1. The fourth-order valence-electron chi connectivity index (χ4n) is 2.19. The van der Waals surface area contributed by atoms with Crippen LogP contribution in [0.3, 0.4) is 0 Å². The third kappa shape index (κ3) is 4.38. The fraction of sp³-hybridized carbons (Fsp3) is 0.118. The number of halogens is 3. The van der Waals surface area contributed by atoms with Crippen molar-refractivity contribution in [2.24, 2.45) is 0 Å². The Bertz CT molecular complexity index is 878. The van der Waals surface area contributed by atoms with Crippen LogP contribution in [-0.4, -0.2) is 22.2 Å². The molecule has 1 N–H and O–H groups in total. The van der Waals surface area contributed by atoms with Gasteiger partial charge in [0.2, 0.25) is 0 Å². The highest BCUT2D eigenvalue weighted by atomic mass is 19.4. The normalized spacial score (nSPS) is 11.2.